The maximum absolute atomic E-state index is 13.4. The molecule has 6 rings (SSSR count). The summed E-state index contributed by atoms with van der Waals surface area (Å²) in [5.74, 6) is -0.448. The van der Waals surface area contributed by atoms with E-state index >= 15 is 0 Å². The van der Waals surface area contributed by atoms with Crippen LogP contribution >= 0.6 is 12.6 Å². The lowest BCUT2D eigenvalue weighted by Gasteiger charge is -2.59. The highest BCUT2D eigenvalue weighted by molar-refractivity contribution is 7.96. The van der Waals surface area contributed by atoms with Crippen molar-refractivity contribution in [2.45, 2.75) is 58.2 Å². The van der Waals surface area contributed by atoms with Crippen LogP contribution in [0.15, 0.2) is 41.7 Å². The molecule has 2 aromatic rings. The molecule has 2 N–H and O–H groups in total. The Morgan fingerprint density at radius 3 is 2.74 bits per heavy atom. The van der Waals surface area contributed by atoms with Crippen LogP contribution in [0.2, 0.25) is 0 Å². The Morgan fingerprint density at radius 1 is 1.29 bits per heavy atom. The summed E-state index contributed by atoms with van der Waals surface area (Å²) in [5, 5.41) is 27.0. The summed E-state index contributed by atoms with van der Waals surface area (Å²) in [4.78, 5) is 16.2. The van der Waals surface area contributed by atoms with Crippen LogP contribution < -0.4 is 0 Å². The standard InChI is InChI=1S/C27H30FN3O3S/c1-14-8-17-18-6-7-27(34,24(33)35)26(18,3)11-21(32)23(17)25(2)10-15-12-30-31(20(15)9-19(14)25)16-4-5-22(28)29-13-16/h4-5,8-9,12-13,17-18,21,23,32,34H,6-7,10-11H2,1-3H3,(H,33,35)/t17-,18-,21-,23+,25-,26-,27-/m0/s1. The molecule has 0 unspecified atom stereocenters. The molecule has 0 aromatic carbocycles. The van der Waals surface area contributed by atoms with Gasteiger partial charge in [-0.2, -0.15) is 9.49 Å². The molecule has 2 aromatic heterocycles. The number of hydrogen-bond donors (Lipinski definition) is 3. The summed E-state index contributed by atoms with van der Waals surface area (Å²) in [6.07, 6.45) is 9.25. The molecule has 184 valence electrons. The first-order chi connectivity index (χ1) is 16.5. The van der Waals surface area contributed by atoms with Crippen LogP contribution in [0.4, 0.5) is 4.39 Å². The van der Waals surface area contributed by atoms with Gasteiger partial charge in [0.15, 0.2) is 0 Å². The molecule has 6 nitrogen and oxygen atoms in total. The molecule has 0 spiro atoms. The van der Waals surface area contributed by atoms with Crippen molar-refractivity contribution >= 4 is 23.8 Å². The van der Waals surface area contributed by atoms with Gasteiger partial charge in [0, 0.05) is 16.7 Å². The number of allylic oxidation sites excluding steroid dienone is 3. The van der Waals surface area contributed by atoms with Gasteiger partial charge in [-0.15, -0.1) is 12.6 Å². The highest BCUT2D eigenvalue weighted by atomic mass is 32.1. The molecule has 0 aliphatic heterocycles. The highest BCUT2D eigenvalue weighted by Crippen LogP contribution is 2.67. The van der Waals surface area contributed by atoms with Crippen molar-refractivity contribution in [1.82, 2.24) is 14.8 Å². The Morgan fingerprint density at radius 2 is 2.06 bits per heavy atom. The molecule has 0 radical (unpaired) electrons. The Balaban J connectivity index is 1.45. The van der Waals surface area contributed by atoms with Crippen LogP contribution in [0.25, 0.3) is 11.8 Å². The fraction of sp³-hybridized carbons (Fsp3) is 0.519. The van der Waals surface area contributed by atoms with Crippen LogP contribution in [0.3, 0.4) is 0 Å². The van der Waals surface area contributed by atoms with E-state index in [0.717, 1.165) is 23.3 Å². The molecule has 4 aliphatic rings. The van der Waals surface area contributed by atoms with Gasteiger partial charge >= 0.3 is 0 Å². The predicted molar refractivity (Wildman–Crippen MR) is 132 cm³/mol. The van der Waals surface area contributed by atoms with Crippen molar-refractivity contribution in [2.24, 2.45) is 28.6 Å². The first-order valence-corrected chi connectivity index (χ1v) is 12.7. The molecule has 0 saturated heterocycles. The maximum atomic E-state index is 13.4. The van der Waals surface area contributed by atoms with E-state index in [4.69, 9.17) is 0 Å². The molecule has 2 saturated carbocycles. The number of pyridine rings is 1. The van der Waals surface area contributed by atoms with Crippen LogP contribution in [-0.4, -0.2) is 41.8 Å². The zero-order valence-corrected chi connectivity index (χ0v) is 21.0. The summed E-state index contributed by atoms with van der Waals surface area (Å²) in [6, 6.07) is 2.99. The first kappa shape index (κ1) is 23.1. The number of halogens is 1. The van der Waals surface area contributed by atoms with Crippen LogP contribution in [0.5, 0.6) is 0 Å². The molecule has 0 amide bonds. The average molecular weight is 496 g/mol. The zero-order chi connectivity index (χ0) is 24.9. The number of fused-ring (bicyclic) bond motifs is 6. The third kappa shape index (κ3) is 2.93. The number of aromatic nitrogens is 3. The Bertz CT molecular complexity index is 1300. The predicted octanol–water partition coefficient (Wildman–Crippen LogP) is 3.91. The SMILES string of the molecule is CC1=C[C@@H]2[C@H]([C@@H](O)C[C@@]3(C)[C@H]2CC[C@]3(O)C(=O)S)[C@@]2(C)Cc3cnn(-c4ccc(F)nc4)c3C=C12. The molecule has 35 heavy (non-hydrogen) atoms. The minimum Gasteiger partial charge on any atom is -0.393 e. The van der Waals surface area contributed by atoms with E-state index in [1.165, 1.54) is 17.8 Å². The minimum absolute atomic E-state index is 0.0446. The van der Waals surface area contributed by atoms with Gasteiger partial charge in [-0.05, 0) is 73.8 Å². The van der Waals surface area contributed by atoms with Crippen molar-refractivity contribution in [3.63, 3.8) is 0 Å². The molecule has 8 heteroatoms. The van der Waals surface area contributed by atoms with Gasteiger partial charge in [0.2, 0.25) is 11.1 Å². The van der Waals surface area contributed by atoms with Crippen molar-refractivity contribution in [3.8, 4) is 5.69 Å². The zero-order valence-electron chi connectivity index (χ0n) is 20.1. The fourth-order valence-corrected chi connectivity index (χ4v) is 8.48. The van der Waals surface area contributed by atoms with E-state index in [1.54, 1.807) is 10.7 Å². The number of aliphatic hydroxyl groups excluding tert-OH is 1. The number of nitrogens with zero attached hydrogens (tertiary/aromatic N) is 3. The fourth-order valence-electron chi connectivity index (χ4n) is 8.11. The second-order valence-electron chi connectivity index (χ2n) is 11.4. The van der Waals surface area contributed by atoms with E-state index in [-0.39, 0.29) is 23.2 Å². The van der Waals surface area contributed by atoms with Gasteiger partial charge < -0.3 is 10.2 Å². The smallest absolute Gasteiger partial charge is 0.218 e. The Labute approximate surface area is 209 Å². The van der Waals surface area contributed by atoms with Gasteiger partial charge in [0.25, 0.3) is 0 Å². The topological polar surface area (TPSA) is 88.2 Å². The van der Waals surface area contributed by atoms with Crippen LogP contribution in [0, 0.1) is 34.5 Å². The molecule has 0 bridgehead atoms. The molecular weight excluding hydrogens is 465 g/mol. The average Bonchev–Trinajstić information content (AvgIpc) is 3.31. The van der Waals surface area contributed by atoms with Crippen molar-refractivity contribution in [2.75, 3.05) is 0 Å². The van der Waals surface area contributed by atoms with E-state index in [1.807, 2.05) is 13.1 Å². The largest absolute Gasteiger partial charge is 0.393 e. The van der Waals surface area contributed by atoms with E-state index < -0.39 is 28.2 Å². The number of rotatable bonds is 2. The molecule has 4 aliphatic carbocycles. The van der Waals surface area contributed by atoms with Gasteiger partial charge in [-0.25, -0.2) is 9.67 Å². The minimum atomic E-state index is -1.52. The van der Waals surface area contributed by atoms with Gasteiger partial charge in [0.1, 0.15) is 5.60 Å². The normalized spacial score (nSPS) is 39.6. The summed E-state index contributed by atoms with van der Waals surface area (Å²) >= 11 is 4.05. The third-order valence-electron chi connectivity index (χ3n) is 9.76. The van der Waals surface area contributed by atoms with Gasteiger partial charge in [-0.3, -0.25) is 4.79 Å². The number of aliphatic hydroxyl groups is 2. The maximum Gasteiger partial charge on any atom is 0.218 e. The number of hydrogen-bond acceptors (Lipinski definition) is 5. The summed E-state index contributed by atoms with van der Waals surface area (Å²) in [6.45, 7) is 6.28. The summed E-state index contributed by atoms with van der Waals surface area (Å²) in [7, 11) is 0. The summed E-state index contributed by atoms with van der Waals surface area (Å²) < 4.78 is 15.2. The molecule has 7 atom stereocenters. The quantitative estimate of drug-likeness (QED) is 0.434. The van der Waals surface area contributed by atoms with E-state index in [2.05, 4.69) is 48.7 Å². The van der Waals surface area contributed by atoms with Crippen molar-refractivity contribution in [3.05, 3.63) is 59.0 Å². The number of carbonyl (C=O) groups excluding carboxylic acids is 1. The summed E-state index contributed by atoms with van der Waals surface area (Å²) in [5.41, 5.74) is 2.47. The van der Waals surface area contributed by atoms with E-state index in [9.17, 15) is 19.4 Å². The van der Waals surface area contributed by atoms with Crippen molar-refractivity contribution < 1.29 is 19.4 Å². The lowest BCUT2D eigenvalue weighted by atomic mass is 9.46. The lowest BCUT2D eigenvalue weighted by Crippen LogP contribution is -2.60. The molecule has 2 heterocycles. The number of thiol groups is 1. The second kappa shape index (κ2) is 7.37. The first-order valence-electron chi connectivity index (χ1n) is 12.2. The van der Waals surface area contributed by atoms with E-state index in [0.29, 0.717) is 24.9 Å². The Kier molecular flexibility index (Phi) is 4.87. The second-order valence-corrected chi connectivity index (χ2v) is 11.8. The molecule has 2 fully saturated rings. The highest BCUT2D eigenvalue weighted by Gasteiger charge is 2.67. The number of carbonyl (C=O) groups is 1. The van der Waals surface area contributed by atoms with Gasteiger partial charge in [-0.1, -0.05) is 25.5 Å². The van der Waals surface area contributed by atoms with Crippen molar-refractivity contribution in [1.29, 1.82) is 0 Å². The third-order valence-corrected chi connectivity index (χ3v) is 10.1. The lowest BCUT2D eigenvalue weighted by molar-refractivity contribution is -0.164. The Hall–Kier alpha value is -2.29. The van der Waals surface area contributed by atoms with Crippen LogP contribution in [-0.2, 0) is 11.2 Å². The monoisotopic (exact) mass is 495 g/mol. The van der Waals surface area contributed by atoms with Gasteiger partial charge in [0.05, 0.1) is 29.9 Å². The van der Waals surface area contributed by atoms with Crippen LogP contribution in [0.1, 0.15) is 51.3 Å². The molecular formula is C27H30FN3O3S.